The molecule has 2 aromatic rings. The van der Waals surface area contributed by atoms with Gasteiger partial charge >= 0.3 is 12.1 Å². The molecule has 0 aliphatic heterocycles. The minimum Gasteiger partial charge on any atom is -0.428 e. The topological polar surface area (TPSA) is 26.3 Å². The van der Waals surface area contributed by atoms with E-state index in [1.807, 2.05) is 25.1 Å². The average Bonchev–Trinajstić information content (AvgIpc) is 2.56. The van der Waals surface area contributed by atoms with E-state index < -0.39 is 12.1 Å². The van der Waals surface area contributed by atoms with Gasteiger partial charge in [-0.05, 0) is 42.7 Å². The van der Waals surface area contributed by atoms with Crippen LogP contribution < -0.4 is 4.74 Å². The largest absolute Gasteiger partial charge is 0.428 e. The molecule has 2 nitrogen and oxygen atoms in total. The minimum absolute atomic E-state index is 0.00442. The summed E-state index contributed by atoms with van der Waals surface area (Å²) in [7, 11) is 0. The van der Waals surface area contributed by atoms with Gasteiger partial charge < -0.3 is 4.74 Å². The number of ketones is 1. The second-order valence-electron chi connectivity index (χ2n) is 5.17. The van der Waals surface area contributed by atoms with E-state index in [-0.39, 0.29) is 11.5 Å². The maximum Gasteiger partial charge on any atom is 0.344 e. The molecule has 24 heavy (non-hydrogen) atoms. The van der Waals surface area contributed by atoms with Crippen LogP contribution in [0.5, 0.6) is 5.75 Å². The molecular weight excluding hydrogens is 317 g/mol. The number of carbonyl (C=O) groups excluding carboxylic acids is 1. The summed E-state index contributed by atoms with van der Waals surface area (Å²) in [5.41, 5.74) is 3.36. The third kappa shape index (κ3) is 4.59. The summed E-state index contributed by atoms with van der Waals surface area (Å²) in [4.78, 5) is 11.3. The quantitative estimate of drug-likeness (QED) is 0.389. The van der Waals surface area contributed by atoms with E-state index in [9.17, 15) is 18.0 Å². The Morgan fingerprint density at radius 1 is 0.875 bits per heavy atom. The molecular formula is C19H15F3O2. The van der Waals surface area contributed by atoms with Gasteiger partial charge in [0.2, 0.25) is 0 Å². The number of Topliss-reactive ketones (excluding diaryl/α,β-unsaturated/α-hetero) is 1. The molecule has 0 radical (unpaired) electrons. The lowest BCUT2D eigenvalue weighted by molar-refractivity contribution is 0.101. The Balaban J connectivity index is 2.15. The second kappa shape index (κ2) is 7.64. The Morgan fingerprint density at radius 3 is 1.92 bits per heavy atom. The summed E-state index contributed by atoms with van der Waals surface area (Å²) in [5, 5.41) is 0. The molecule has 124 valence electrons. The SMILES string of the molecule is CC(=O)c1ccc(/C(C)=C/c2ccc(OC(F)=C(F)F)cc2)cc1. The van der Waals surface area contributed by atoms with Crippen LogP contribution in [0.3, 0.4) is 0 Å². The minimum atomic E-state index is -2.50. The first-order chi connectivity index (χ1) is 11.4. The summed E-state index contributed by atoms with van der Waals surface area (Å²) in [6.07, 6.45) is -0.613. The third-order valence-corrected chi connectivity index (χ3v) is 3.37. The molecule has 0 heterocycles. The molecule has 0 saturated heterocycles. The maximum absolute atomic E-state index is 12.7. The predicted octanol–water partition coefficient (Wildman–Crippen LogP) is 5.86. The highest BCUT2D eigenvalue weighted by molar-refractivity contribution is 5.94. The molecule has 0 aliphatic carbocycles. The highest BCUT2D eigenvalue weighted by Crippen LogP contribution is 2.22. The zero-order chi connectivity index (χ0) is 17.7. The average molecular weight is 332 g/mol. The van der Waals surface area contributed by atoms with Crippen LogP contribution in [0.15, 0.2) is 60.6 Å². The summed E-state index contributed by atoms with van der Waals surface area (Å²) >= 11 is 0. The molecule has 0 atom stereocenters. The number of halogens is 3. The molecule has 0 unspecified atom stereocenters. The second-order valence-corrected chi connectivity index (χ2v) is 5.17. The zero-order valence-electron chi connectivity index (χ0n) is 13.1. The lowest BCUT2D eigenvalue weighted by Gasteiger charge is -2.05. The standard InChI is InChI=1S/C19H15F3O2/c1-12(15-5-7-16(8-6-15)13(2)23)11-14-3-9-17(10-4-14)24-19(22)18(20)21/h3-11H,1-2H3/b12-11+. The first-order valence-corrected chi connectivity index (χ1v) is 7.15. The van der Waals surface area contributed by atoms with Crippen molar-refractivity contribution in [2.75, 3.05) is 0 Å². The van der Waals surface area contributed by atoms with E-state index in [0.717, 1.165) is 16.7 Å². The van der Waals surface area contributed by atoms with Gasteiger partial charge in [-0.15, -0.1) is 0 Å². The van der Waals surface area contributed by atoms with Crippen molar-refractivity contribution in [1.29, 1.82) is 0 Å². The predicted molar refractivity (Wildman–Crippen MR) is 87.4 cm³/mol. The van der Waals surface area contributed by atoms with Gasteiger partial charge in [-0.3, -0.25) is 4.79 Å². The van der Waals surface area contributed by atoms with Crippen LogP contribution in [-0.4, -0.2) is 5.78 Å². The molecule has 0 amide bonds. The van der Waals surface area contributed by atoms with Crippen LogP contribution >= 0.6 is 0 Å². The van der Waals surface area contributed by atoms with Gasteiger partial charge in [0.05, 0.1) is 0 Å². The number of ether oxygens (including phenoxy) is 1. The molecule has 0 fully saturated rings. The van der Waals surface area contributed by atoms with Crippen molar-refractivity contribution in [2.24, 2.45) is 0 Å². The smallest absolute Gasteiger partial charge is 0.344 e. The van der Waals surface area contributed by atoms with Crippen molar-refractivity contribution < 1.29 is 22.7 Å². The highest BCUT2D eigenvalue weighted by atomic mass is 19.3. The monoisotopic (exact) mass is 332 g/mol. The highest BCUT2D eigenvalue weighted by Gasteiger charge is 2.07. The fourth-order valence-electron chi connectivity index (χ4n) is 2.08. The number of benzene rings is 2. The van der Waals surface area contributed by atoms with Gasteiger partial charge in [0, 0.05) is 5.56 Å². The number of rotatable bonds is 5. The van der Waals surface area contributed by atoms with Gasteiger partial charge in [0.1, 0.15) is 5.75 Å². The van der Waals surface area contributed by atoms with Crippen LogP contribution in [0.25, 0.3) is 11.6 Å². The fraction of sp³-hybridized carbons (Fsp3) is 0.105. The number of allylic oxidation sites excluding steroid dienone is 1. The van der Waals surface area contributed by atoms with Gasteiger partial charge in [-0.1, -0.05) is 42.5 Å². The molecule has 2 rings (SSSR count). The first-order valence-electron chi connectivity index (χ1n) is 7.15. The molecule has 2 aromatic carbocycles. The lowest BCUT2D eigenvalue weighted by atomic mass is 10.0. The Bertz CT molecular complexity index is 784. The maximum atomic E-state index is 12.7. The van der Waals surface area contributed by atoms with Gasteiger partial charge in [-0.25, -0.2) is 0 Å². The molecule has 0 aliphatic rings. The summed E-state index contributed by atoms with van der Waals surface area (Å²) in [5.74, 6) is -0.00863. The Morgan fingerprint density at radius 2 is 1.42 bits per heavy atom. The Hall–Kier alpha value is -2.82. The van der Waals surface area contributed by atoms with Crippen molar-refractivity contribution in [3.8, 4) is 5.75 Å². The normalized spacial score (nSPS) is 11.1. The van der Waals surface area contributed by atoms with Gasteiger partial charge in [-0.2, -0.15) is 13.2 Å². The van der Waals surface area contributed by atoms with E-state index in [1.54, 1.807) is 24.3 Å². The summed E-state index contributed by atoms with van der Waals surface area (Å²) in [6.45, 7) is 3.42. The van der Waals surface area contributed by atoms with E-state index in [4.69, 9.17) is 0 Å². The van der Waals surface area contributed by atoms with E-state index in [0.29, 0.717) is 5.56 Å². The number of hydrogen-bond donors (Lipinski definition) is 0. The Labute approximate surface area is 137 Å². The van der Waals surface area contributed by atoms with Crippen molar-refractivity contribution >= 4 is 17.4 Å². The summed E-state index contributed by atoms with van der Waals surface area (Å²) in [6, 6.07) is 11.4. The molecule has 5 heteroatoms. The number of carbonyl (C=O) groups is 1. The third-order valence-electron chi connectivity index (χ3n) is 3.37. The van der Waals surface area contributed by atoms with Crippen molar-refractivity contribution in [3.63, 3.8) is 0 Å². The van der Waals surface area contributed by atoms with Crippen molar-refractivity contribution in [2.45, 2.75) is 13.8 Å². The van der Waals surface area contributed by atoms with Crippen LogP contribution in [0.1, 0.15) is 35.3 Å². The van der Waals surface area contributed by atoms with E-state index in [2.05, 4.69) is 4.74 Å². The molecule has 0 bridgehead atoms. The van der Waals surface area contributed by atoms with E-state index in [1.165, 1.54) is 19.1 Å². The van der Waals surface area contributed by atoms with Crippen molar-refractivity contribution in [3.05, 3.63) is 77.3 Å². The Kier molecular flexibility index (Phi) is 5.58. The van der Waals surface area contributed by atoms with Gasteiger partial charge in [0.25, 0.3) is 0 Å². The number of hydrogen-bond acceptors (Lipinski definition) is 2. The zero-order valence-corrected chi connectivity index (χ0v) is 13.1. The van der Waals surface area contributed by atoms with Crippen LogP contribution in [0, 0.1) is 0 Å². The van der Waals surface area contributed by atoms with Crippen LogP contribution in [-0.2, 0) is 0 Å². The molecule has 0 N–H and O–H groups in total. The van der Waals surface area contributed by atoms with Crippen LogP contribution in [0.2, 0.25) is 0 Å². The fourth-order valence-corrected chi connectivity index (χ4v) is 2.08. The summed E-state index contributed by atoms with van der Waals surface area (Å²) < 4.78 is 41.0. The molecule has 0 spiro atoms. The first kappa shape index (κ1) is 17.5. The van der Waals surface area contributed by atoms with Crippen LogP contribution in [0.4, 0.5) is 13.2 Å². The molecule has 0 aromatic heterocycles. The lowest BCUT2D eigenvalue weighted by Crippen LogP contribution is -1.91. The van der Waals surface area contributed by atoms with E-state index >= 15 is 0 Å². The van der Waals surface area contributed by atoms with Gasteiger partial charge in [0.15, 0.2) is 5.78 Å². The van der Waals surface area contributed by atoms with Crippen molar-refractivity contribution in [1.82, 2.24) is 0 Å². The molecule has 0 saturated carbocycles.